The van der Waals surface area contributed by atoms with Crippen molar-refractivity contribution in [1.82, 2.24) is 15.3 Å². The number of benzene rings is 1. The van der Waals surface area contributed by atoms with Crippen molar-refractivity contribution in [3.63, 3.8) is 0 Å². The molecule has 1 aromatic heterocycles. The van der Waals surface area contributed by atoms with Crippen LogP contribution in [0.25, 0.3) is 0 Å². The van der Waals surface area contributed by atoms with E-state index in [4.69, 9.17) is 0 Å². The molecular formula is C15H19N5O. The van der Waals surface area contributed by atoms with Crippen LogP contribution in [0.1, 0.15) is 11.4 Å². The number of carbonyl (C=O) groups is 1. The first kappa shape index (κ1) is 13.6. The molecule has 0 spiro atoms. The SMILES string of the molecule is CN(C)c1ccccc1NC(=O)C1Cc2nc[nH]c2CN1. The number of anilines is 2. The monoisotopic (exact) mass is 285 g/mol. The molecular weight excluding hydrogens is 266 g/mol. The van der Waals surface area contributed by atoms with Crippen LogP contribution in [-0.2, 0) is 17.8 Å². The van der Waals surface area contributed by atoms with Crippen molar-refractivity contribution in [2.75, 3.05) is 24.3 Å². The van der Waals surface area contributed by atoms with Crippen LogP contribution < -0.4 is 15.5 Å². The van der Waals surface area contributed by atoms with Gasteiger partial charge in [0.1, 0.15) is 0 Å². The van der Waals surface area contributed by atoms with Gasteiger partial charge in [-0.3, -0.25) is 10.1 Å². The minimum absolute atomic E-state index is 0.0297. The molecule has 2 aromatic rings. The van der Waals surface area contributed by atoms with Gasteiger partial charge < -0.3 is 15.2 Å². The van der Waals surface area contributed by atoms with Crippen molar-refractivity contribution in [3.05, 3.63) is 42.0 Å². The number of para-hydroxylation sites is 2. The van der Waals surface area contributed by atoms with Crippen LogP contribution in [-0.4, -0.2) is 36.0 Å². The van der Waals surface area contributed by atoms with E-state index < -0.39 is 0 Å². The molecule has 6 nitrogen and oxygen atoms in total. The Kier molecular flexibility index (Phi) is 3.62. The van der Waals surface area contributed by atoms with Gasteiger partial charge in [0.15, 0.2) is 0 Å². The molecule has 1 amide bonds. The zero-order valence-electron chi connectivity index (χ0n) is 12.2. The number of nitrogens with zero attached hydrogens (tertiary/aromatic N) is 2. The van der Waals surface area contributed by atoms with Crippen molar-refractivity contribution in [1.29, 1.82) is 0 Å². The Morgan fingerprint density at radius 2 is 2.19 bits per heavy atom. The summed E-state index contributed by atoms with van der Waals surface area (Å²) in [5.41, 5.74) is 3.84. The van der Waals surface area contributed by atoms with Crippen molar-refractivity contribution in [2.24, 2.45) is 0 Å². The molecule has 0 saturated carbocycles. The van der Waals surface area contributed by atoms with E-state index in [1.165, 1.54) is 0 Å². The fraction of sp³-hybridized carbons (Fsp3) is 0.333. The average Bonchev–Trinajstić information content (AvgIpc) is 2.94. The Morgan fingerprint density at radius 1 is 1.38 bits per heavy atom. The predicted octanol–water partition coefficient (Wildman–Crippen LogP) is 1.13. The number of aromatic nitrogens is 2. The molecule has 1 unspecified atom stereocenters. The molecule has 110 valence electrons. The molecule has 0 aliphatic carbocycles. The van der Waals surface area contributed by atoms with Crippen LogP contribution in [0.4, 0.5) is 11.4 Å². The first-order chi connectivity index (χ1) is 10.1. The Bertz CT molecular complexity index is 649. The number of carbonyl (C=O) groups excluding carboxylic acids is 1. The molecule has 1 aliphatic heterocycles. The van der Waals surface area contributed by atoms with Crippen molar-refractivity contribution in [3.8, 4) is 0 Å². The van der Waals surface area contributed by atoms with Crippen molar-refractivity contribution >= 4 is 17.3 Å². The Labute approximate surface area is 123 Å². The molecule has 1 aliphatic rings. The molecule has 0 saturated heterocycles. The van der Waals surface area contributed by atoms with Gasteiger partial charge in [-0.05, 0) is 12.1 Å². The number of nitrogens with one attached hydrogen (secondary N) is 3. The second-order valence-corrected chi connectivity index (χ2v) is 5.37. The third-order valence-electron chi connectivity index (χ3n) is 3.69. The van der Waals surface area contributed by atoms with E-state index in [0.717, 1.165) is 22.8 Å². The fourth-order valence-corrected chi connectivity index (χ4v) is 2.54. The number of fused-ring (bicyclic) bond motifs is 1. The lowest BCUT2D eigenvalue weighted by Crippen LogP contribution is -2.44. The second kappa shape index (κ2) is 5.57. The van der Waals surface area contributed by atoms with Gasteiger partial charge in [0.05, 0.1) is 35.1 Å². The van der Waals surface area contributed by atoms with Gasteiger partial charge in [-0.25, -0.2) is 4.98 Å². The zero-order chi connectivity index (χ0) is 14.8. The van der Waals surface area contributed by atoms with Crippen LogP contribution in [0.15, 0.2) is 30.6 Å². The van der Waals surface area contributed by atoms with Gasteiger partial charge in [-0.15, -0.1) is 0 Å². The first-order valence-electron chi connectivity index (χ1n) is 6.97. The Morgan fingerprint density at radius 3 is 3.00 bits per heavy atom. The minimum Gasteiger partial charge on any atom is -0.376 e. The smallest absolute Gasteiger partial charge is 0.241 e. The van der Waals surface area contributed by atoms with Crippen LogP contribution in [0.2, 0.25) is 0 Å². The topological polar surface area (TPSA) is 73.0 Å². The van der Waals surface area contributed by atoms with Crippen molar-refractivity contribution < 1.29 is 4.79 Å². The quantitative estimate of drug-likeness (QED) is 0.790. The molecule has 21 heavy (non-hydrogen) atoms. The lowest BCUT2D eigenvalue weighted by Gasteiger charge is -2.24. The highest BCUT2D eigenvalue weighted by Gasteiger charge is 2.26. The fourth-order valence-electron chi connectivity index (χ4n) is 2.54. The zero-order valence-corrected chi connectivity index (χ0v) is 12.2. The lowest BCUT2D eigenvalue weighted by atomic mass is 10.0. The average molecular weight is 285 g/mol. The van der Waals surface area contributed by atoms with Gasteiger partial charge in [0, 0.05) is 27.1 Å². The number of H-pyrrole nitrogens is 1. The molecule has 3 rings (SSSR count). The highest BCUT2D eigenvalue weighted by Crippen LogP contribution is 2.24. The number of rotatable bonds is 3. The summed E-state index contributed by atoms with van der Waals surface area (Å²) in [6.07, 6.45) is 2.28. The van der Waals surface area contributed by atoms with Gasteiger partial charge in [-0.1, -0.05) is 12.1 Å². The van der Waals surface area contributed by atoms with E-state index >= 15 is 0 Å². The third-order valence-corrected chi connectivity index (χ3v) is 3.69. The molecule has 0 radical (unpaired) electrons. The van der Waals surface area contributed by atoms with E-state index in [9.17, 15) is 4.79 Å². The van der Waals surface area contributed by atoms with Gasteiger partial charge in [0.25, 0.3) is 0 Å². The highest BCUT2D eigenvalue weighted by molar-refractivity contribution is 5.98. The molecule has 1 aromatic carbocycles. The summed E-state index contributed by atoms with van der Waals surface area (Å²) in [5, 5.41) is 6.24. The maximum atomic E-state index is 12.4. The summed E-state index contributed by atoms with van der Waals surface area (Å²) in [6, 6.07) is 7.52. The van der Waals surface area contributed by atoms with Crippen LogP contribution in [0.3, 0.4) is 0 Å². The highest BCUT2D eigenvalue weighted by atomic mass is 16.2. The molecule has 2 heterocycles. The van der Waals surface area contributed by atoms with Gasteiger partial charge >= 0.3 is 0 Å². The number of amides is 1. The molecule has 3 N–H and O–H groups in total. The molecule has 0 fully saturated rings. The van der Waals surface area contributed by atoms with E-state index in [0.29, 0.717) is 13.0 Å². The number of hydrogen-bond donors (Lipinski definition) is 3. The normalized spacial score (nSPS) is 17.1. The molecule has 6 heteroatoms. The largest absolute Gasteiger partial charge is 0.376 e. The van der Waals surface area contributed by atoms with E-state index in [2.05, 4.69) is 20.6 Å². The Hall–Kier alpha value is -2.34. The van der Waals surface area contributed by atoms with Crippen molar-refractivity contribution in [2.45, 2.75) is 19.0 Å². The summed E-state index contributed by atoms with van der Waals surface area (Å²) in [7, 11) is 3.92. The summed E-state index contributed by atoms with van der Waals surface area (Å²) < 4.78 is 0. The number of hydrogen-bond acceptors (Lipinski definition) is 4. The number of aromatic amines is 1. The minimum atomic E-state index is -0.254. The Balaban J connectivity index is 1.73. The van der Waals surface area contributed by atoms with Crippen LogP contribution in [0, 0.1) is 0 Å². The standard InChI is InChI=1S/C15H19N5O/c1-20(2)14-6-4-3-5-10(14)19-15(21)12-7-11-13(8-16-12)18-9-17-11/h3-6,9,12,16H,7-8H2,1-2H3,(H,17,18)(H,19,21). The predicted molar refractivity (Wildman–Crippen MR) is 82.3 cm³/mol. The van der Waals surface area contributed by atoms with E-state index in [1.54, 1.807) is 6.33 Å². The van der Waals surface area contributed by atoms with Crippen LogP contribution >= 0.6 is 0 Å². The van der Waals surface area contributed by atoms with E-state index in [1.807, 2.05) is 43.3 Å². The second-order valence-electron chi connectivity index (χ2n) is 5.37. The van der Waals surface area contributed by atoms with Gasteiger partial charge in [0.2, 0.25) is 5.91 Å². The summed E-state index contributed by atoms with van der Waals surface area (Å²) in [5.74, 6) is -0.0297. The summed E-state index contributed by atoms with van der Waals surface area (Å²) >= 11 is 0. The van der Waals surface area contributed by atoms with Crippen LogP contribution in [0.5, 0.6) is 0 Å². The third kappa shape index (κ3) is 2.75. The number of imidazole rings is 1. The molecule has 0 bridgehead atoms. The maximum Gasteiger partial charge on any atom is 0.241 e. The molecule has 1 atom stereocenters. The van der Waals surface area contributed by atoms with Gasteiger partial charge in [-0.2, -0.15) is 0 Å². The maximum absolute atomic E-state index is 12.4. The van der Waals surface area contributed by atoms with E-state index in [-0.39, 0.29) is 11.9 Å². The first-order valence-corrected chi connectivity index (χ1v) is 6.97. The lowest BCUT2D eigenvalue weighted by molar-refractivity contribution is -0.118. The summed E-state index contributed by atoms with van der Waals surface area (Å²) in [6.45, 7) is 0.642. The summed E-state index contributed by atoms with van der Waals surface area (Å²) in [4.78, 5) is 21.8.